The summed E-state index contributed by atoms with van der Waals surface area (Å²) in [6.07, 6.45) is 0.219. The average Bonchev–Trinajstić information content (AvgIpc) is 3.03. The summed E-state index contributed by atoms with van der Waals surface area (Å²) in [5, 5.41) is 0. The molecular weight excluding hydrogens is 422 g/mol. The quantitative estimate of drug-likeness (QED) is 0.724. The molecule has 3 amide bonds. The third kappa shape index (κ3) is 3.59. The van der Waals surface area contributed by atoms with E-state index in [0.717, 1.165) is 9.37 Å². The molecular formula is C21H21BrN3O3+. The van der Waals surface area contributed by atoms with Gasteiger partial charge >= 0.3 is 0 Å². The van der Waals surface area contributed by atoms with Gasteiger partial charge in [0.05, 0.1) is 38.3 Å². The van der Waals surface area contributed by atoms with Gasteiger partial charge in [0.15, 0.2) is 6.04 Å². The number of halogens is 1. The number of amides is 3. The van der Waals surface area contributed by atoms with Crippen LogP contribution in [0.15, 0.2) is 59.1 Å². The van der Waals surface area contributed by atoms with Crippen LogP contribution in [0, 0.1) is 0 Å². The van der Waals surface area contributed by atoms with Crippen LogP contribution in [-0.4, -0.2) is 54.8 Å². The van der Waals surface area contributed by atoms with Crippen molar-refractivity contribution in [2.24, 2.45) is 0 Å². The summed E-state index contributed by atoms with van der Waals surface area (Å²) in [6, 6.07) is 16.1. The molecule has 2 saturated heterocycles. The highest BCUT2D eigenvalue weighted by molar-refractivity contribution is 9.10. The predicted octanol–water partition coefficient (Wildman–Crippen LogP) is 1.12. The fourth-order valence-corrected chi connectivity index (χ4v) is 4.19. The first-order valence-corrected chi connectivity index (χ1v) is 10.1. The molecule has 2 aliphatic heterocycles. The molecule has 2 heterocycles. The van der Waals surface area contributed by atoms with Crippen molar-refractivity contribution < 1.29 is 19.3 Å². The molecule has 1 N–H and O–H groups in total. The second-order valence-electron chi connectivity index (χ2n) is 7.12. The summed E-state index contributed by atoms with van der Waals surface area (Å²) in [4.78, 5) is 42.2. The Morgan fingerprint density at radius 3 is 2.25 bits per heavy atom. The zero-order valence-electron chi connectivity index (χ0n) is 15.3. The maximum atomic E-state index is 12.9. The number of hydrogen-bond acceptors (Lipinski definition) is 3. The number of hydrogen-bond donors (Lipinski definition) is 1. The van der Waals surface area contributed by atoms with Crippen molar-refractivity contribution >= 4 is 39.3 Å². The van der Waals surface area contributed by atoms with Crippen LogP contribution in [0.3, 0.4) is 0 Å². The number of piperazine rings is 1. The molecule has 7 heteroatoms. The molecule has 2 aliphatic rings. The Morgan fingerprint density at radius 2 is 1.61 bits per heavy atom. The van der Waals surface area contributed by atoms with Gasteiger partial charge < -0.3 is 9.80 Å². The summed E-state index contributed by atoms with van der Waals surface area (Å²) >= 11 is 3.37. The first-order chi connectivity index (χ1) is 13.5. The number of carbonyl (C=O) groups excluding carboxylic acids is 3. The standard InChI is InChI=1S/C21H20BrN3O3/c22-16-6-8-17(9-7-16)25-19(26)14-18(21(25)28)23-10-12-24(13-11-23)20(27)15-4-2-1-3-5-15/h1-9,18H,10-14H2/p+1/t18-/m1/s1. The molecule has 6 nitrogen and oxygen atoms in total. The van der Waals surface area contributed by atoms with Gasteiger partial charge in [0.25, 0.3) is 11.8 Å². The number of carbonyl (C=O) groups is 3. The van der Waals surface area contributed by atoms with Crippen molar-refractivity contribution in [3.05, 3.63) is 64.6 Å². The van der Waals surface area contributed by atoms with E-state index in [0.29, 0.717) is 37.4 Å². The van der Waals surface area contributed by atoms with Crippen LogP contribution in [0.5, 0.6) is 0 Å². The molecule has 1 atom stereocenters. The zero-order valence-corrected chi connectivity index (χ0v) is 16.9. The lowest BCUT2D eigenvalue weighted by atomic mass is 10.1. The van der Waals surface area contributed by atoms with Gasteiger partial charge in [0.1, 0.15) is 0 Å². The van der Waals surface area contributed by atoms with Crippen LogP contribution in [-0.2, 0) is 9.59 Å². The fourth-order valence-electron chi connectivity index (χ4n) is 3.92. The van der Waals surface area contributed by atoms with Gasteiger partial charge in [0.2, 0.25) is 5.91 Å². The van der Waals surface area contributed by atoms with Gasteiger partial charge in [-0.25, -0.2) is 4.90 Å². The van der Waals surface area contributed by atoms with Crippen molar-refractivity contribution in [1.82, 2.24) is 4.90 Å². The van der Waals surface area contributed by atoms with Crippen molar-refractivity contribution in [1.29, 1.82) is 0 Å². The van der Waals surface area contributed by atoms with Crippen LogP contribution in [0.4, 0.5) is 5.69 Å². The first-order valence-electron chi connectivity index (χ1n) is 9.36. The van der Waals surface area contributed by atoms with E-state index in [1.165, 1.54) is 4.90 Å². The Hall–Kier alpha value is -2.51. The van der Waals surface area contributed by atoms with Crippen molar-refractivity contribution in [3.63, 3.8) is 0 Å². The highest BCUT2D eigenvalue weighted by Crippen LogP contribution is 2.24. The molecule has 4 rings (SSSR count). The highest BCUT2D eigenvalue weighted by Gasteiger charge is 2.46. The Morgan fingerprint density at radius 1 is 0.964 bits per heavy atom. The van der Waals surface area contributed by atoms with E-state index in [1.54, 1.807) is 12.1 Å². The summed E-state index contributed by atoms with van der Waals surface area (Å²) < 4.78 is 0.900. The minimum absolute atomic E-state index is 0.0185. The number of rotatable bonds is 3. The number of quaternary nitrogens is 1. The molecule has 0 spiro atoms. The van der Waals surface area contributed by atoms with Gasteiger partial charge in [-0.05, 0) is 36.4 Å². The van der Waals surface area contributed by atoms with Crippen LogP contribution in [0.25, 0.3) is 0 Å². The van der Waals surface area contributed by atoms with Crippen LogP contribution in [0.1, 0.15) is 16.8 Å². The molecule has 144 valence electrons. The normalized spacial score (nSPS) is 20.7. The third-order valence-electron chi connectivity index (χ3n) is 5.44. The number of benzene rings is 2. The third-order valence-corrected chi connectivity index (χ3v) is 5.97. The van der Waals surface area contributed by atoms with Gasteiger partial charge in [-0.3, -0.25) is 14.4 Å². The van der Waals surface area contributed by atoms with E-state index in [9.17, 15) is 14.4 Å². The van der Waals surface area contributed by atoms with Crippen LogP contribution < -0.4 is 9.80 Å². The molecule has 2 aromatic carbocycles. The average molecular weight is 443 g/mol. The molecule has 0 saturated carbocycles. The van der Waals surface area contributed by atoms with Crippen molar-refractivity contribution in [2.45, 2.75) is 12.5 Å². The predicted molar refractivity (Wildman–Crippen MR) is 108 cm³/mol. The molecule has 2 fully saturated rings. The Bertz CT molecular complexity index is 893. The van der Waals surface area contributed by atoms with Gasteiger partial charge in [-0.15, -0.1) is 0 Å². The second-order valence-corrected chi connectivity index (χ2v) is 8.03. The molecule has 0 aliphatic carbocycles. The Kier molecular flexibility index (Phi) is 5.28. The first kappa shape index (κ1) is 18.8. The molecule has 0 bridgehead atoms. The van der Waals surface area contributed by atoms with Crippen molar-refractivity contribution in [2.75, 3.05) is 31.1 Å². The highest BCUT2D eigenvalue weighted by atomic mass is 79.9. The van der Waals surface area contributed by atoms with E-state index in [-0.39, 0.29) is 30.2 Å². The lowest BCUT2D eigenvalue weighted by molar-refractivity contribution is -0.918. The smallest absolute Gasteiger partial charge is 0.292 e. The monoisotopic (exact) mass is 442 g/mol. The number of imide groups is 1. The second kappa shape index (κ2) is 7.85. The summed E-state index contributed by atoms with van der Waals surface area (Å²) in [7, 11) is 0. The van der Waals surface area contributed by atoms with Crippen LogP contribution >= 0.6 is 15.9 Å². The number of anilines is 1. The lowest BCUT2D eigenvalue weighted by Crippen LogP contribution is -3.19. The van der Waals surface area contributed by atoms with E-state index < -0.39 is 0 Å². The molecule has 2 aromatic rings. The molecule has 28 heavy (non-hydrogen) atoms. The zero-order chi connectivity index (χ0) is 19.7. The summed E-state index contributed by atoms with van der Waals surface area (Å²) in [5.74, 6) is -0.289. The maximum absolute atomic E-state index is 12.9. The van der Waals surface area contributed by atoms with E-state index >= 15 is 0 Å². The molecule has 0 radical (unpaired) electrons. The topological polar surface area (TPSA) is 62.1 Å². The summed E-state index contributed by atoms with van der Waals surface area (Å²) in [5.41, 5.74) is 1.29. The van der Waals surface area contributed by atoms with Gasteiger partial charge in [-0.1, -0.05) is 34.1 Å². The van der Waals surface area contributed by atoms with E-state index in [2.05, 4.69) is 15.9 Å². The number of nitrogens with zero attached hydrogens (tertiary/aromatic N) is 2. The lowest BCUT2D eigenvalue weighted by Gasteiger charge is -2.34. The van der Waals surface area contributed by atoms with Crippen LogP contribution in [0.2, 0.25) is 0 Å². The van der Waals surface area contributed by atoms with E-state index in [1.807, 2.05) is 47.4 Å². The Labute approximate surface area is 171 Å². The maximum Gasteiger partial charge on any atom is 0.292 e. The summed E-state index contributed by atoms with van der Waals surface area (Å²) in [6.45, 7) is 2.49. The Balaban J connectivity index is 1.41. The largest absolute Gasteiger partial charge is 0.327 e. The SMILES string of the molecule is O=C(c1ccccc1)N1CC[NH+]([C@@H]2CC(=O)N(c3ccc(Br)cc3)C2=O)CC1. The molecule has 0 aromatic heterocycles. The minimum Gasteiger partial charge on any atom is -0.327 e. The van der Waals surface area contributed by atoms with E-state index in [4.69, 9.17) is 0 Å². The van der Waals surface area contributed by atoms with Gasteiger partial charge in [0, 0.05) is 10.0 Å². The van der Waals surface area contributed by atoms with Crippen molar-refractivity contribution in [3.8, 4) is 0 Å². The number of nitrogens with one attached hydrogen (secondary N) is 1. The molecule has 0 unspecified atom stereocenters. The van der Waals surface area contributed by atoms with Gasteiger partial charge in [-0.2, -0.15) is 0 Å². The fraction of sp³-hybridized carbons (Fsp3) is 0.286. The minimum atomic E-state index is -0.370.